The van der Waals surface area contributed by atoms with Crippen LogP contribution in [0.25, 0.3) is 10.9 Å². The van der Waals surface area contributed by atoms with Crippen LogP contribution in [0.2, 0.25) is 0 Å². The second-order valence-corrected chi connectivity index (χ2v) is 5.57. The number of nitrogens with zero attached hydrogens (tertiary/aromatic N) is 1. The number of anilines is 1. The molecule has 0 fully saturated rings. The molecule has 1 N–H and O–H groups in total. The molecule has 25 heavy (non-hydrogen) atoms. The Kier molecular flexibility index (Phi) is 5.23. The van der Waals surface area contributed by atoms with Crippen molar-refractivity contribution in [2.75, 3.05) is 18.5 Å². The van der Waals surface area contributed by atoms with E-state index in [0.717, 1.165) is 16.7 Å². The van der Waals surface area contributed by atoms with Crippen molar-refractivity contribution in [3.63, 3.8) is 0 Å². The first kappa shape index (κ1) is 16.9. The first-order valence-electron chi connectivity index (χ1n) is 8.44. The van der Waals surface area contributed by atoms with Crippen LogP contribution in [-0.2, 0) is 11.3 Å². The smallest absolute Gasteiger partial charge is 0.244 e. The fraction of sp³-hybridized carbons (Fsp3) is 0.250. The van der Waals surface area contributed by atoms with Crippen LogP contribution in [0.4, 0.5) is 5.69 Å². The molecular formula is C20H22N2O3. The van der Waals surface area contributed by atoms with Crippen LogP contribution >= 0.6 is 0 Å². The van der Waals surface area contributed by atoms with Gasteiger partial charge in [0.05, 0.1) is 18.9 Å². The largest absolute Gasteiger partial charge is 0.494 e. The fourth-order valence-electron chi connectivity index (χ4n) is 2.77. The van der Waals surface area contributed by atoms with E-state index in [1.54, 1.807) is 0 Å². The van der Waals surface area contributed by atoms with Crippen molar-refractivity contribution in [1.29, 1.82) is 0 Å². The highest BCUT2D eigenvalue weighted by Gasteiger charge is 2.10. The summed E-state index contributed by atoms with van der Waals surface area (Å²) in [6.07, 6.45) is 1.91. The second-order valence-electron chi connectivity index (χ2n) is 5.57. The molecule has 0 unspecified atom stereocenters. The third-order valence-corrected chi connectivity index (χ3v) is 3.83. The van der Waals surface area contributed by atoms with Crippen LogP contribution in [0.15, 0.2) is 54.7 Å². The van der Waals surface area contributed by atoms with Crippen molar-refractivity contribution in [1.82, 2.24) is 4.57 Å². The molecule has 0 saturated heterocycles. The van der Waals surface area contributed by atoms with Crippen molar-refractivity contribution in [3.8, 4) is 11.5 Å². The van der Waals surface area contributed by atoms with E-state index in [9.17, 15) is 4.79 Å². The number of para-hydroxylation sites is 2. The molecule has 0 bridgehead atoms. The molecule has 5 nitrogen and oxygen atoms in total. The van der Waals surface area contributed by atoms with Gasteiger partial charge in [-0.2, -0.15) is 0 Å². The number of aromatic nitrogens is 1. The molecule has 130 valence electrons. The van der Waals surface area contributed by atoms with Crippen molar-refractivity contribution in [2.45, 2.75) is 20.4 Å². The molecule has 3 aromatic rings. The number of carbonyl (C=O) groups is 1. The number of ether oxygens (including phenoxy) is 2. The van der Waals surface area contributed by atoms with Gasteiger partial charge in [0, 0.05) is 17.1 Å². The summed E-state index contributed by atoms with van der Waals surface area (Å²) in [5.41, 5.74) is 1.68. The monoisotopic (exact) mass is 338 g/mol. The molecule has 2 aromatic carbocycles. The molecule has 1 amide bonds. The maximum atomic E-state index is 12.4. The number of amides is 1. The fourth-order valence-corrected chi connectivity index (χ4v) is 2.77. The molecule has 3 rings (SSSR count). The molecule has 0 spiro atoms. The minimum atomic E-state index is -0.0986. The van der Waals surface area contributed by atoms with E-state index in [-0.39, 0.29) is 12.5 Å². The molecule has 0 radical (unpaired) electrons. The van der Waals surface area contributed by atoms with Gasteiger partial charge in [-0.3, -0.25) is 4.79 Å². The van der Waals surface area contributed by atoms with Crippen molar-refractivity contribution in [2.24, 2.45) is 0 Å². The number of hydrogen-bond acceptors (Lipinski definition) is 3. The third-order valence-electron chi connectivity index (χ3n) is 3.83. The Labute approximate surface area is 147 Å². The highest BCUT2D eigenvalue weighted by Crippen LogP contribution is 2.25. The molecule has 0 atom stereocenters. The first-order chi connectivity index (χ1) is 12.2. The molecule has 0 aliphatic heterocycles. The molecule has 0 saturated carbocycles. The van der Waals surface area contributed by atoms with E-state index in [0.29, 0.717) is 24.7 Å². The van der Waals surface area contributed by atoms with Crippen molar-refractivity contribution >= 4 is 22.5 Å². The Bertz CT molecular complexity index is 870. The topological polar surface area (TPSA) is 52.5 Å². The van der Waals surface area contributed by atoms with Gasteiger partial charge >= 0.3 is 0 Å². The van der Waals surface area contributed by atoms with Crippen LogP contribution < -0.4 is 14.8 Å². The van der Waals surface area contributed by atoms with Gasteiger partial charge in [0.2, 0.25) is 5.91 Å². The first-order valence-corrected chi connectivity index (χ1v) is 8.44. The SMILES string of the molecule is CCOc1ccc2c(ccn2CC(=O)Nc2ccccc2OCC)c1. The number of benzene rings is 2. The van der Waals surface area contributed by atoms with E-state index in [1.807, 2.05) is 73.1 Å². The molecule has 1 aromatic heterocycles. The van der Waals surface area contributed by atoms with Gasteiger partial charge in [-0.05, 0) is 50.2 Å². The van der Waals surface area contributed by atoms with Crippen molar-refractivity contribution < 1.29 is 14.3 Å². The number of rotatable bonds is 7. The van der Waals surface area contributed by atoms with Crippen LogP contribution in [0.5, 0.6) is 11.5 Å². The average Bonchev–Trinajstić information content (AvgIpc) is 2.99. The molecule has 0 aliphatic rings. The van der Waals surface area contributed by atoms with E-state index in [1.165, 1.54) is 0 Å². The zero-order chi connectivity index (χ0) is 17.6. The number of nitrogens with one attached hydrogen (secondary N) is 1. The van der Waals surface area contributed by atoms with Gasteiger partial charge < -0.3 is 19.4 Å². The van der Waals surface area contributed by atoms with Gasteiger partial charge in [-0.1, -0.05) is 12.1 Å². The van der Waals surface area contributed by atoms with Gasteiger partial charge in [0.1, 0.15) is 18.0 Å². The summed E-state index contributed by atoms with van der Waals surface area (Å²) in [5.74, 6) is 1.42. The van der Waals surface area contributed by atoms with E-state index in [2.05, 4.69) is 5.32 Å². The Morgan fingerprint density at radius 3 is 2.64 bits per heavy atom. The minimum absolute atomic E-state index is 0.0986. The quantitative estimate of drug-likeness (QED) is 0.706. The highest BCUT2D eigenvalue weighted by atomic mass is 16.5. The number of hydrogen-bond donors (Lipinski definition) is 1. The zero-order valence-electron chi connectivity index (χ0n) is 14.5. The van der Waals surface area contributed by atoms with Crippen molar-refractivity contribution in [3.05, 3.63) is 54.7 Å². The van der Waals surface area contributed by atoms with Gasteiger partial charge in [0.15, 0.2) is 0 Å². The summed E-state index contributed by atoms with van der Waals surface area (Å²) in [6.45, 7) is 5.30. The van der Waals surface area contributed by atoms with Gasteiger partial charge in [0.25, 0.3) is 0 Å². The van der Waals surface area contributed by atoms with Crippen LogP contribution in [-0.4, -0.2) is 23.7 Å². The number of carbonyl (C=O) groups excluding carboxylic acids is 1. The second kappa shape index (κ2) is 7.75. The maximum absolute atomic E-state index is 12.4. The summed E-state index contributed by atoms with van der Waals surface area (Å²) in [5, 5.41) is 3.97. The van der Waals surface area contributed by atoms with Gasteiger partial charge in [-0.15, -0.1) is 0 Å². The molecular weight excluding hydrogens is 316 g/mol. The third kappa shape index (κ3) is 3.94. The Balaban J connectivity index is 1.74. The average molecular weight is 338 g/mol. The summed E-state index contributed by atoms with van der Waals surface area (Å²) >= 11 is 0. The highest BCUT2D eigenvalue weighted by molar-refractivity contribution is 5.93. The summed E-state index contributed by atoms with van der Waals surface area (Å²) in [4.78, 5) is 12.4. The predicted molar refractivity (Wildman–Crippen MR) is 99.3 cm³/mol. The standard InChI is InChI=1S/C20H22N2O3/c1-3-24-16-9-10-18-15(13-16)11-12-22(18)14-20(23)21-17-7-5-6-8-19(17)25-4-2/h5-13H,3-4,14H2,1-2H3,(H,21,23). The lowest BCUT2D eigenvalue weighted by Crippen LogP contribution is -2.18. The molecule has 1 heterocycles. The number of fused-ring (bicyclic) bond motifs is 1. The lowest BCUT2D eigenvalue weighted by Gasteiger charge is -2.12. The summed E-state index contributed by atoms with van der Waals surface area (Å²) in [6, 6.07) is 15.3. The summed E-state index contributed by atoms with van der Waals surface area (Å²) in [7, 11) is 0. The summed E-state index contributed by atoms with van der Waals surface area (Å²) < 4.78 is 13.0. The normalized spacial score (nSPS) is 10.6. The lowest BCUT2D eigenvalue weighted by molar-refractivity contribution is -0.116. The maximum Gasteiger partial charge on any atom is 0.244 e. The van der Waals surface area contributed by atoms with E-state index in [4.69, 9.17) is 9.47 Å². The van der Waals surface area contributed by atoms with Crippen LogP contribution in [0, 0.1) is 0 Å². The Morgan fingerprint density at radius 2 is 1.84 bits per heavy atom. The Morgan fingerprint density at radius 1 is 1.04 bits per heavy atom. The van der Waals surface area contributed by atoms with Crippen LogP contribution in [0.3, 0.4) is 0 Å². The Hall–Kier alpha value is -2.95. The van der Waals surface area contributed by atoms with E-state index < -0.39 is 0 Å². The van der Waals surface area contributed by atoms with Gasteiger partial charge in [-0.25, -0.2) is 0 Å². The molecule has 5 heteroatoms. The zero-order valence-corrected chi connectivity index (χ0v) is 14.5. The molecule has 0 aliphatic carbocycles. The lowest BCUT2D eigenvalue weighted by atomic mass is 10.2. The predicted octanol–water partition coefficient (Wildman–Crippen LogP) is 4.08. The minimum Gasteiger partial charge on any atom is -0.494 e. The van der Waals surface area contributed by atoms with Crippen LogP contribution in [0.1, 0.15) is 13.8 Å². The van der Waals surface area contributed by atoms with E-state index >= 15 is 0 Å².